The summed E-state index contributed by atoms with van der Waals surface area (Å²) in [5, 5.41) is 16.2. The van der Waals surface area contributed by atoms with Gasteiger partial charge in [-0.05, 0) is 32.6 Å². The van der Waals surface area contributed by atoms with Crippen LogP contribution in [0.15, 0.2) is 5.38 Å². The van der Waals surface area contributed by atoms with Crippen molar-refractivity contribution >= 4 is 11.3 Å². The maximum atomic E-state index is 9.71. The third-order valence-corrected chi connectivity index (χ3v) is 3.67. The largest absolute Gasteiger partial charge is 0.392 e. The summed E-state index contributed by atoms with van der Waals surface area (Å²) in [7, 11) is 0. The fourth-order valence-corrected chi connectivity index (χ4v) is 2.34. The lowest BCUT2D eigenvalue weighted by Gasteiger charge is -2.15. The van der Waals surface area contributed by atoms with Crippen molar-refractivity contribution in [1.82, 2.24) is 10.3 Å². The Hall–Kier alpha value is -0.450. The summed E-state index contributed by atoms with van der Waals surface area (Å²) >= 11 is 1.67. The molecule has 2 N–H and O–H groups in total. The summed E-state index contributed by atoms with van der Waals surface area (Å²) in [4.78, 5) is 4.42. The van der Waals surface area contributed by atoms with Crippen LogP contribution in [0.3, 0.4) is 0 Å². The topological polar surface area (TPSA) is 45.2 Å². The summed E-state index contributed by atoms with van der Waals surface area (Å²) in [6.07, 6.45) is 2.20. The maximum Gasteiger partial charge on any atom is 0.0898 e. The predicted molar refractivity (Wildman–Crippen MR) is 62.0 cm³/mol. The van der Waals surface area contributed by atoms with Crippen LogP contribution in [-0.2, 0) is 0 Å². The minimum atomic E-state index is -0.174. The predicted octanol–water partition coefficient (Wildman–Crippen LogP) is 1.87. The van der Waals surface area contributed by atoms with E-state index in [4.69, 9.17) is 0 Å². The lowest BCUT2D eigenvalue weighted by molar-refractivity contribution is 0.145. The Kier molecular flexibility index (Phi) is 3.38. The molecule has 1 aromatic rings. The van der Waals surface area contributed by atoms with Crippen LogP contribution < -0.4 is 5.32 Å². The number of hydrogen-bond acceptors (Lipinski definition) is 4. The number of aromatic nitrogens is 1. The molecule has 2 rings (SSSR count). The first kappa shape index (κ1) is 11.0. The maximum absolute atomic E-state index is 9.71. The number of nitrogens with one attached hydrogen (secondary N) is 1. The number of aliphatic hydroxyl groups is 1. The van der Waals surface area contributed by atoms with Gasteiger partial charge in [-0.2, -0.15) is 0 Å². The van der Waals surface area contributed by atoms with Gasteiger partial charge in [-0.15, -0.1) is 11.3 Å². The van der Waals surface area contributed by atoms with E-state index >= 15 is 0 Å². The second-order valence-electron chi connectivity index (χ2n) is 4.33. The Labute approximate surface area is 94.5 Å². The van der Waals surface area contributed by atoms with E-state index in [2.05, 4.69) is 22.6 Å². The Morgan fingerprint density at radius 1 is 1.67 bits per heavy atom. The molecule has 15 heavy (non-hydrogen) atoms. The van der Waals surface area contributed by atoms with Crippen molar-refractivity contribution < 1.29 is 5.11 Å². The van der Waals surface area contributed by atoms with E-state index in [0.717, 1.165) is 10.7 Å². The zero-order valence-electron chi connectivity index (χ0n) is 9.23. The first-order valence-electron chi connectivity index (χ1n) is 5.50. The highest BCUT2D eigenvalue weighted by Gasteiger charge is 2.29. The second kappa shape index (κ2) is 4.60. The molecule has 3 nitrogen and oxygen atoms in total. The number of thiazole rings is 1. The molecule has 2 atom stereocenters. The average Bonchev–Trinajstić information content (AvgIpc) is 2.97. The molecule has 1 fully saturated rings. The molecule has 4 heteroatoms. The molecule has 1 aliphatic carbocycles. The van der Waals surface area contributed by atoms with Gasteiger partial charge in [0.05, 0.1) is 16.8 Å². The van der Waals surface area contributed by atoms with Crippen LogP contribution in [0.5, 0.6) is 0 Å². The normalized spacial score (nSPS) is 20.2. The van der Waals surface area contributed by atoms with E-state index in [1.165, 1.54) is 12.8 Å². The van der Waals surface area contributed by atoms with E-state index in [9.17, 15) is 5.11 Å². The monoisotopic (exact) mass is 226 g/mol. The summed E-state index contributed by atoms with van der Waals surface area (Å²) in [6, 6.07) is 0.239. The van der Waals surface area contributed by atoms with Crippen molar-refractivity contribution in [3.63, 3.8) is 0 Å². The van der Waals surface area contributed by atoms with Crippen molar-refractivity contribution in [2.75, 3.05) is 6.54 Å². The first-order chi connectivity index (χ1) is 7.16. The molecule has 0 radical (unpaired) electrons. The van der Waals surface area contributed by atoms with Gasteiger partial charge in [0.25, 0.3) is 0 Å². The standard InChI is InChI=1S/C11H18N2OS/c1-7(10-6-15-8(2)13-10)12-5-11(14)9-3-4-9/h6-7,9,11-12,14H,3-5H2,1-2H3. The van der Waals surface area contributed by atoms with Crippen LogP contribution in [0.25, 0.3) is 0 Å². The minimum Gasteiger partial charge on any atom is -0.392 e. The molecule has 1 heterocycles. The van der Waals surface area contributed by atoms with Crippen molar-refractivity contribution in [1.29, 1.82) is 0 Å². The molecule has 0 saturated heterocycles. The Bertz CT molecular complexity index is 322. The number of aliphatic hydroxyl groups excluding tert-OH is 1. The summed E-state index contributed by atoms with van der Waals surface area (Å²) < 4.78 is 0. The molecule has 0 amide bonds. The van der Waals surface area contributed by atoms with Crippen molar-refractivity contribution in [3.05, 3.63) is 16.1 Å². The zero-order chi connectivity index (χ0) is 10.8. The SMILES string of the molecule is Cc1nc(C(C)NCC(O)C2CC2)cs1. The average molecular weight is 226 g/mol. The molecule has 1 saturated carbocycles. The van der Waals surface area contributed by atoms with E-state index in [-0.39, 0.29) is 12.1 Å². The van der Waals surface area contributed by atoms with E-state index < -0.39 is 0 Å². The molecule has 0 aromatic carbocycles. The van der Waals surface area contributed by atoms with Crippen molar-refractivity contribution in [2.24, 2.45) is 5.92 Å². The van der Waals surface area contributed by atoms with Crippen LogP contribution in [0.2, 0.25) is 0 Å². The molecule has 1 aromatic heterocycles. The molecular formula is C11H18N2OS. The number of hydrogen-bond donors (Lipinski definition) is 2. The number of rotatable bonds is 5. The van der Waals surface area contributed by atoms with Gasteiger partial charge in [-0.1, -0.05) is 0 Å². The highest BCUT2D eigenvalue weighted by molar-refractivity contribution is 7.09. The molecule has 84 valence electrons. The molecular weight excluding hydrogens is 208 g/mol. The summed E-state index contributed by atoms with van der Waals surface area (Å²) in [5.74, 6) is 0.543. The van der Waals surface area contributed by atoms with Crippen LogP contribution in [0.1, 0.15) is 36.5 Å². The Balaban J connectivity index is 1.78. The van der Waals surface area contributed by atoms with Crippen LogP contribution in [0, 0.1) is 12.8 Å². The lowest BCUT2D eigenvalue weighted by atomic mass is 10.2. The summed E-state index contributed by atoms with van der Waals surface area (Å²) in [5.41, 5.74) is 1.08. The molecule has 0 aliphatic heterocycles. The number of aryl methyl sites for hydroxylation is 1. The smallest absolute Gasteiger partial charge is 0.0898 e. The Morgan fingerprint density at radius 2 is 2.40 bits per heavy atom. The van der Waals surface area contributed by atoms with Gasteiger partial charge in [0.2, 0.25) is 0 Å². The van der Waals surface area contributed by atoms with E-state index in [0.29, 0.717) is 12.5 Å². The lowest BCUT2D eigenvalue weighted by Crippen LogP contribution is -2.30. The fraction of sp³-hybridized carbons (Fsp3) is 0.727. The quantitative estimate of drug-likeness (QED) is 0.805. The van der Waals surface area contributed by atoms with Gasteiger partial charge in [-0.25, -0.2) is 4.98 Å². The number of nitrogens with zero attached hydrogens (tertiary/aromatic N) is 1. The van der Waals surface area contributed by atoms with Gasteiger partial charge in [-0.3, -0.25) is 0 Å². The fourth-order valence-electron chi connectivity index (χ4n) is 1.63. The van der Waals surface area contributed by atoms with Gasteiger partial charge < -0.3 is 10.4 Å². The van der Waals surface area contributed by atoms with Crippen molar-refractivity contribution in [2.45, 2.75) is 38.8 Å². The molecule has 0 bridgehead atoms. The Morgan fingerprint density at radius 3 is 2.93 bits per heavy atom. The molecule has 2 unspecified atom stereocenters. The summed E-state index contributed by atoms with van der Waals surface area (Å²) in [6.45, 7) is 4.79. The van der Waals surface area contributed by atoms with E-state index in [1.54, 1.807) is 11.3 Å². The van der Waals surface area contributed by atoms with Crippen LogP contribution in [0.4, 0.5) is 0 Å². The van der Waals surface area contributed by atoms with Crippen molar-refractivity contribution in [3.8, 4) is 0 Å². The highest BCUT2D eigenvalue weighted by Crippen LogP contribution is 2.32. The molecule has 1 aliphatic rings. The first-order valence-corrected chi connectivity index (χ1v) is 6.38. The van der Waals surface area contributed by atoms with Gasteiger partial charge in [0.15, 0.2) is 0 Å². The van der Waals surface area contributed by atoms with Crippen LogP contribution >= 0.6 is 11.3 Å². The third kappa shape index (κ3) is 3.00. The van der Waals surface area contributed by atoms with Gasteiger partial charge >= 0.3 is 0 Å². The third-order valence-electron chi connectivity index (χ3n) is 2.88. The van der Waals surface area contributed by atoms with Crippen LogP contribution in [-0.4, -0.2) is 22.7 Å². The van der Waals surface area contributed by atoms with Gasteiger partial charge in [0.1, 0.15) is 0 Å². The zero-order valence-corrected chi connectivity index (χ0v) is 10.0. The second-order valence-corrected chi connectivity index (χ2v) is 5.39. The van der Waals surface area contributed by atoms with E-state index in [1.807, 2.05) is 6.92 Å². The minimum absolute atomic E-state index is 0.174. The van der Waals surface area contributed by atoms with Gasteiger partial charge in [0, 0.05) is 18.0 Å². The highest BCUT2D eigenvalue weighted by atomic mass is 32.1. The molecule has 0 spiro atoms.